The second-order valence-corrected chi connectivity index (χ2v) is 29.5. The number of carbonyl (C=O) groups excluding carboxylic acids is 2. The maximum absolute atomic E-state index is 12.2. The van der Waals surface area contributed by atoms with Crippen LogP contribution in [0.4, 0.5) is 32.3 Å². The molecule has 0 radical (unpaired) electrons. The molecule has 2 amide bonds. The second kappa shape index (κ2) is 38.2. The molecule has 3 fully saturated rings. The Morgan fingerprint density at radius 1 is 0.585 bits per heavy atom. The molecule has 3 saturated heterocycles. The van der Waals surface area contributed by atoms with Crippen molar-refractivity contribution in [3.8, 4) is 0 Å². The Kier molecular flexibility index (Phi) is 33.1. The van der Waals surface area contributed by atoms with Gasteiger partial charge in [0.2, 0.25) is 0 Å². The number of rotatable bonds is 5. The normalized spacial score (nSPS) is 18.3. The smallest absolute Gasteiger partial charge is 0.407 e. The van der Waals surface area contributed by atoms with Gasteiger partial charge in [0.25, 0.3) is 5.69 Å². The van der Waals surface area contributed by atoms with E-state index in [0.29, 0.717) is 53.0 Å². The van der Waals surface area contributed by atoms with E-state index in [9.17, 15) is 19.7 Å². The summed E-state index contributed by atoms with van der Waals surface area (Å²) in [7, 11) is 0. The van der Waals surface area contributed by atoms with Gasteiger partial charge in [0, 0.05) is 145 Å². The first kappa shape index (κ1) is 81.4. The molecular formula is C68H83Br3Cl5FeN11O6. The van der Waals surface area contributed by atoms with Crippen molar-refractivity contribution in [2.24, 2.45) is 23.5 Å². The number of hydrogen-bond acceptors (Lipinski definition) is 14. The van der Waals surface area contributed by atoms with E-state index in [2.05, 4.69) is 121 Å². The van der Waals surface area contributed by atoms with Crippen LogP contribution in [0.1, 0.15) is 89.0 Å². The minimum absolute atomic E-state index is 0. The zero-order valence-electron chi connectivity index (χ0n) is 53.1. The predicted molar refractivity (Wildman–Crippen MR) is 397 cm³/mol. The number of hydrogen-bond donors (Lipinski definition) is 5. The number of carbonyl (C=O) groups is 2. The number of amides is 2. The van der Waals surface area contributed by atoms with Crippen LogP contribution in [-0.4, -0.2) is 101 Å². The molecule has 0 unspecified atom stereocenters. The number of fused-ring (bicyclic) bond motifs is 3. The molecular weight excluding hydrogens is 1540 g/mol. The third-order valence-corrected chi connectivity index (χ3v) is 17.6. The number of nitro benzene ring substituents is 1. The van der Waals surface area contributed by atoms with E-state index >= 15 is 0 Å². The van der Waals surface area contributed by atoms with Crippen LogP contribution in [0.5, 0.6) is 0 Å². The fourth-order valence-corrected chi connectivity index (χ4v) is 12.6. The number of pyridine rings is 3. The predicted octanol–water partition coefficient (Wildman–Crippen LogP) is 19.2. The van der Waals surface area contributed by atoms with Crippen molar-refractivity contribution < 1.29 is 41.1 Å². The van der Waals surface area contributed by atoms with Crippen molar-refractivity contribution in [2.45, 2.75) is 118 Å². The summed E-state index contributed by atoms with van der Waals surface area (Å²) in [6.45, 7) is 23.3. The molecule has 6 heterocycles. The van der Waals surface area contributed by atoms with Crippen molar-refractivity contribution in [1.82, 2.24) is 30.9 Å². The summed E-state index contributed by atoms with van der Waals surface area (Å²) in [6, 6.07) is 33.8. The molecule has 11 rings (SSSR count). The summed E-state index contributed by atoms with van der Waals surface area (Å²) in [5.41, 5.74) is 16.2. The molecule has 0 aliphatic carbocycles. The number of nitro groups is 1. The molecule has 510 valence electrons. The van der Waals surface area contributed by atoms with Crippen LogP contribution in [0.2, 0.25) is 25.1 Å². The van der Waals surface area contributed by atoms with Crippen LogP contribution in [0.3, 0.4) is 0 Å². The van der Waals surface area contributed by atoms with Gasteiger partial charge in [-0.3, -0.25) is 25.1 Å². The van der Waals surface area contributed by atoms with E-state index in [1.807, 2.05) is 108 Å². The fourth-order valence-electron chi connectivity index (χ4n) is 10.5. The number of nitrogens with zero attached hydrogens (tertiary/aromatic N) is 6. The molecule has 17 nitrogen and oxygen atoms in total. The van der Waals surface area contributed by atoms with Crippen LogP contribution in [0.15, 0.2) is 141 Å². The Morgan fingerprint density at radius 2 is 1.01 bits per heavy atom. The molecule has 8 aromatic rings. The van der Waals surface area contributed by atoms with Gasteiger partial charge in [-0.05, 0) is 214 Å². The Labute approximate surface area is 613 Å². The van der Waals surface area contributed by atoms with Crippen LogP contribution in [0.25, 0.3) is 32.7 Å². The van der Waals surface area contributed by atoms with Crippen LogP contribution >= 0.6 is 106 Å². The number of ether oxygens (including phenoxy) is 2. The SMILES string of the molecule is C.C[C@@H]1CNC[C@H](NC(=O)OC(C)(C)C)C1.C[C@H]1C[C@@H](N)CN(c2ccc(Cl)c3ncccc23)C1.C[C@H]1C[C@@H](NC(=O)OC(C)(C)C)CN(c2ccc(Cl)c3ncccc23)C1.Clc1ccc(Br)c2cccnc12.Nc1cc(Cl)ccc1Br.O=[N+]([O-])c1cc(Cl)ccc1Br.[Fe]. The number of anilines is 3. The second-order valence-electron chi connectivity index (χ2n) is 24.8. The minimum atomic E-state index is -0.498. The molecule has 26 heteroatoms. The monoisotopic (exact) mass is 1620 g/mol. The van der Waals surface area contributed by atoms with Gasteiger partial charge in [0.05, 0.1) is 41.0 Å². The third-order valence-electron chi connectivity index (χ3n) is 14.2. The van der Waals surface area contributed by atoms with E-state index < -0.39 is 16.1 Å². The van der Waals surface area contributed by atoms with Gasteiger partial charge in [0.1, 0.15) is 11.2 Å². The molecule has 3 aromatic heterocycles. The van der Waals surface area contributed by atoms with Gasteiger partial charge in [-0.1, -0.05) is 108 Å². The summed E-state index contributed by atoms with van der Waals surface area (Å²) < 4.78 is 12.9. The first-order valence-electron chi connectivity index (χ1n) is 29.8. The van der Waals surface area contributed by atoms with Gasteiger partial charge in [0.15, 0.2) is 0 Å². The van der Waals surface area contributed by atoms with Gasteiger partial charge in [-0.15, -0.1) is 0 Å². The number of nitrogens with two attached hydrogens (primary N) is 2. The summed E-state index contributed by atoms with van der Waals surface area (Å²) in [5, 5.41) is 25.7. The summed E-state index contributed by atoms with van der Waals surface area (Å²) in [4.78, 5) is 51.1. The number of halogens is 8. The first-order chi connectivity index (χ1) is 43.3. The number of nitrogens with one attached hydrogen (secondary N) is 3. The van der Waals surface area contributed by atoms with Gasteiger partial charge < -0.3 is 46.7 Å². The topological polar surface area (TPSA) is 229 Å². The number of aromatic nitrogens is 3. The molecule has 94 heavy (non-hydrogen) atoms. The molecule has 3 aliphatic heterocycles. The zero-order chi connectivity index (χ0) is 67.6. The minimum Gasteiger partial charge on any atom is -0.444 e. The summed E-state index contributed by atoms with van der Waals surface area (Å²) >= 11 is 39.3. The molecule has 0 spiro atoms. The van der Waals surface area contributed by atoms with E-state index in [0.717, 1.165) is 106 Å². The van der Waals surface area contributed by atoms with Crippen LogP contribution in [-0.2, 0) is 26.5 Å². The van der Waals surface area contributed by atoms with Gasteiger partial charge >= 0.3 is 12.2 Å². The average molecular weight is 1620 g/mol. The number of nitrogen functional groups attached to an aromatic ring is 1. The van der Waals surface area contributed by atoms with E-state index in [-0.39, 0.29) is 60.5 Å². The van der Waals surface area contributed by atoms with Crippen LogP contribution in [0, 0.1) is 27.9 Å². The Morgan fingerprint density at radius 3 is 1.46 bits per heavy atom. The zero-order valence-corrected chi connectivity index (χ0v) is 62.8. The molecule has 0 saturated carbocycles. The molecule has 7 N–H and O–H groups in total. The quantitative estimate of drug-likeness (QED) is 0.0467. The van der Waals surface area contributed by atoms with Gasteiger partial charge in [-0.2, -0.15) is 0 Å². The largest absolute Gasteiger partial charge is 0.444 e. The summed E-state index contributed by atoms with van der Waals surface area (Å²) in [5.74, 6) is 1.68. The van der Waals surface area contributed by atoms with Crippen molar-refractivity contribution in [3.05, 3.63) is 176 Å². The molecule has 3 aliphatic rings. The Balaban J connectivity index is 0.000000248. The standard InChI is InChI=1S/C20H26ClN3O2.C15H18ClN3.C11H22N2O2.C9H5BrClN.C6H3BrClNO2.C6H5BrClN.CH4.Fe/c1-13-10-14(23-19(25)26-20(2,3)4)12-24(11-13)17-8-7-16(21)18-15(17)6-5-9-22-18;1-10-7-11(17)9-19(8-10)14-5-4-13(16)15-12(14)3-2-6-18-15;1-8-5-9(7-12-6-8)13-10(14)15-11(2,3)4;10-7-3-4-8(11)9-6(7)2-1-5-12-9;7-5-2-1-4(8)3-6(5)9(10)11;7-5-2-1-4(8)3-6(5)9;;/h5-9,13-14H,10-12H2,1-4H3,(H,23,25);2-6,10-11H,7-9,17H2,1H3;8-9,12H,5-7H2,1-4H3,(H,13,14);1-5H;1-3H;1-3H,9H2;1H4;/t13-,14+;10-,11+;8-,9+;;;;;/m000...../s1. The van der Waals surface area contributed by atoms with E-state index in [4.69, 9.17) is 78.9 Å². The number of benzene rings is 5. The van der Waals surface area contributed by atoms with Crippen molar-refractivity contribution >= 4 is 173 Å². The Bertz CT molecular complexity index is 3750. The van der Waals surface area contributed by atoms with E-state index in [1.54, 1.807) is 42.9 Å². The van der Waals surface area contributed by atoms with Crippen molar-refractivity contribution in [1.29, 1.82) is 0 Å². The average Bonchev–Trinajstić information content (AvgIpc) is 0.802. The van der Waals surface area contributed by atoms with Crippen molar-refractivity contribution in [3.63, 3.8) is 0 Å². The number of alkyl carbamates (subject to hydrolysis) is 2. The molecule has 6 atom stereocenters. The van der Waals surface area contributed by atoms with E-state index in [1.165, 1.54) is 11.8 Å². The first-order valence-corrected chi connectivity index (χ1v) is 34.1. The fraction of sp³-hybridized carbons (Fsp3) is 0.397. The maximum atomic E-state index is 12.2. The third kappa shape index (κ3) is 26.1. The maximum Gasteiger partial charge on any atom is 0.407 e. The number of piperidine rings is 3. The Hall–Kier alpha value is -5.00. The van der Waals surface area contributed by atoms with Crippen LogP contribution < -0.4 is 37.2 Å². The molecule has 0 bridgehead atoms. The molecule has 5 aromatic carbocycles. The van der Waals surface area contributed by atoms with Gasteiger partial charge in [-0.25, -0.2) is 9.59 Å². The van der Waals surface area contributed by atoms with Crippen molar-refractivity contribution in [2.75, 3.05) is 54.8 Å². The summed E-state index contributed by atoms with van der Waals surface area (Å²) in [6.07, 6.45) is 7.64.